The zero-order valence-electron chi connectivity index (χ0n) is 27.0. The summed E-state index contributed by atoms with van der Waals surface area (Å²) in [5.41, 5.74) is 4.64. The number of carbonyl (C=O) groups excluding carboxylic acids is 1. The molecular weight excluding hydrogens is 602 g/mol. The standard InChI is InChI=1S/C41H43NO6/c43-37(31-45-27-33-18-8-2-9-19-33)38(46-28-34-20-10-3-11-21-34)39(47-29-35-22-12-4-13-23-35)40(48-30-36-24-14-5-15-25-36)41(44)42-26-32-16-6-1-7-17-32/h1-25,37-40,43H,26-31H2,(H,42,44)/t37-,38-,39+,40-/m1/s1. The number of amides is 1. The van der Waals surface area contributed by atoms with Gasteiger partial charge in [0.25, 0.3) is 5.91 Å². The van der Waals surface area contributed by atoms with Crippen LogP contribution in [0.4, 0.5) is 0 Å². The van der Waals surface area contributed by atoms with Gasteiger partial charge in [0.05, 0.1) is 33.0 Å². The molecule has 5 rings (SSSR count). The summed E-state index contributed by atoms with van der Waals surface area (Å²) in [6.45, 7) is 1.08. The maximum absolute atomic E-state index is 14.1. The van der Waals surface area contributed by atoms with Gasteiger partial charge in [0.2, 0.25) is 0 Å². The molecule has 5 aromatic rings. The van der Waals surface area contributed by atoms with Crippen LogP contribution in [-0.2, 0) is 56.7 Å². The maximum atomic E-state index is 14.1. The fourth-order valence-corrected chi connectivity index (χ4v) is 5.24. The van der Waals surface area contributed by atoms with E-state index in [4.69, 9.17) is 18.9 Å². The first kappa shape index (κ1) is 34.7. The first-order chi connectivity index (χ1) is 23.7. The van der Waals surface area contributed by atoms with Gasteiger partial charge in [-0.2, -0.15) is 0 Å². The molecule has 4 atom stereocenters. The highest BCUT2D eigenvalue weighted by molar-refractivity contribution is 5.81. The fourth-order valence-electron chi connectivity index (χ4n) is 5.24. The molecule has 0 spiro atoms. The number of hydrogen-bond acceptors (Lipinski definition) is 6. The smallest absolute Gasteiger partial charge is 0.252 e. The van der Waals surface area contributed by atoms with Gasteiger partial charge in [-0.15, -0.1) is 0 Å². The normalized spacial score (nSPS) is 13.7. The van der Waals surface area contributed by atoms with Crippen molar-refractivity contribution >= 4 is 5.91 Å². The number of rotatable bonds is 19. The maximum Gasteiger partial charge on any atom is 0.252 e. The van der Waals surface area contributed by atoms with E-state index in [2.05, 4.69) is 5.32 Å². The Morgan fingerprint density at radius 3 is 1.33 bits per heavy atom. The Morgan fingerprint density at radius 2 is 0.875 bits per heavy atom. The summed E-state index contributed by atoms with van der Waals surface area (Å²) >= 11 is 0. The zero-order valence-corrected chi connectivity index (χ0v) is 27.0. The van der Waals surface area contributed by atoms with E-state index in [9.17, 15) is 9.90 Å². The number of carbonyl (C=O) groups is 1. The lowest BCUT2D eigenvalue weighted by atomic mass is 10.0. The van der Waals surface area contributed by atoms with Crippen LogP contribution in [0.5, 0.6) is 0 Å². The minimum atomic E-state index is -1.15. The topological polar surface area (TPSA) is 86.3 Å². The summed E-state index contributed by atoms with van der Waals surface area (Å²) < 4.78 is 25.4. The summed E-state index contributed by atoms with van der Waals surface area (Å²) in [6.07, 6.45) is -4.29. The van der Waals surface area contributed by atoms with Crippen molar-refractivity contribution in [3.63, 3.8) is 0 Å². The fraction of sp³-hybridized carbons (Fsp3) is 0.244. The molecule has 2 N–H and O–H groups in total. The zero-order chi connectivity index (χ0) is 33.2. The number of hydrogen-bond donors (Lipinski definition) is 2. The molecule has 0 saturated heterocycles. The number of aliphatic hydroxyl groups is 1. The highest BCUT2D eigenvalue weighted by Crippen LogP contribution is 2.22. The largest absolute Gasteiger partial charge is 0.388 e. The average molecular weight is 646 g/mol. The summed E-state index contributed by atoms with van der Waals surface area (Å²) in [5, 5.41) is 14.8. The molecule has 0 aromatic heterocycles. The van der Waals surface area contributed by atoms with Crippen LogP contribution in [0.25, 0.3) is 0 Å². The Labute approximate surface area is 283 Å². The van der Waals surface area contributed by atoms with E-state index in [-0.39, 0.29) is 32.3 Å². The van der Waals surface area contributed by atoms with Crippen molar-refractivity contribution in [2.45, 2.75) is 57.4 Å². The molecule has 1 amide bonds. The van der Waals surface area contributed by atoms with Crippen molar-refractivity contribution in [3.05, 3.63) is 179 Å². The van der Waals surface area contributed by atoms with Crippen molar-refractivity contribution in [2.75, 3.05) is 6.61 Å². The lowest BCUT2D eigenvalue weighted by Gasteiger charge is -2.35. The molecule has 0 unspecified atom stereocenters. The van der Waals surface area contributed by atoms with E-state index in [0.29, 0.717) is 13.2 Å². The van der Waals surface area contributed by atoms with Gasteiger partial charge in [0, 0.05) is 6.54 Å². The van der Waals surface area contributed by atoms with Gasteiger partial charge in [0.1, 0.15) is 18.3 Å². The molecule has 0 aliphatic carbocycles. The van der Waals surface area contributed by atoms with Gasteiger partial charge < -0.3 is 29.4 Å². The number of benzene rings is 5. The Hall–Kier alpha value is -4.63. The van der Waals surface area contributed by atoms with Gasteiger partial charge in [-0.3, -0.25) is 4.79 Å². The molecule has 0 heterocycles. The molecule has 0 radical (unpaired) electrons. The molecule has 0 fully saturated rings. The second-order valence-electron chi connectivity index (χ2n) is 11.5. The van der Waals surface area contributed by atoms with Gasteiger partial charge in [-0.05, 0) is 27.8 Å². The van der Waals surface area contributed by atoms with Crippen molar-refractivity contribution in [1.82, 2.24) is 5.32 Å². The van der Waals surface area contributed by atoms with Crippen LogP contribution in [0.3, 0.4) is 0 Å². The molecule has 7 heteroatoms. The predicted octanol–water partition coefficient (Wildman–Crippen LogP) is 6.64. The monoisotopic (exact) mass is 645 g/mol. The van der Waals surface area contributed by atoms with E-state index in [1.165, 1.54) is 0 Å². The highest BCUT2D eigenvalue weighted by Gasteiger charge is 2.41. The third kappa shape index (κ3) is 11.3. The molecular formula is C41H43NO6. The summed E-state index contributed by atoms with van der Waals surface area (Å²) in [4.78, 5) is 14.1. The number of ether oxygens (including phenoxy) is 4. The minimum absolute atomic E-state index is 0.0451. The van der Waals surface area contributed by atoms with Gasteiger partial charge in [0.15, 0.2) is 6.10 Å². The third-order valence-corrected chi connectivity index (χ3v) is 7.81. The molecule has 0 aliphatic rings. The molecule has 0 aliphatic heterocycles. The third-order valence-electron chi connectivity index (χ3n) is 7.81. The van der Waals surface area contributed by atoms with E-state index in [0.717, 1.165) is 27.8 Å². The predicted molar refractivity (Wildman–Crippen MR) is 185 cm³/mol. The van der Waals surface area contributed by atoms with Crippen molar-refractivity contribution in [1.29, 1.82) is 0 Å². The number of aliphatic hydroxyl groups excluding tert-OH is 1. The lowest BCUT2D eigenvalue weighted by Crippen LogP contribution is -2.55. The van der Waals surface area contributed by atoms with Crippen LogP contribution in [0, 0.1) is 0 Å². The molecule has 5 aromatic carbocycles. The molecule has 7 nitrogen and oxygen atoms in total. The number of nitrogens with one attached hydrogen (secondary N) is 1. The first-order valence-electron chi connectivity index (χ1n) is 16.2. The Balaban J connectivity index is 1.44. The van der Waals surface area contributed by atoms with Gasteiger partial charge in [-0.1, -0.05) is 152 Å². The molecule has 248 valence electrons. The Kier molecular flexibility index (Phi) is 13.9. The van der Waals surface area contributed by atoms with Crippen LogP contribution in [-0.4, -0.2) is 42.0 Å². The second kappa shape index (κ2) is 19.3. The summed E-state index contributed by atoms with van der Waals surface area (Å²) in [5.74, 6) is -0.376. The van der Waals surface area contributed by atoms with Crippen molar-refractivity contribution < 1.29 is 28.8 Å². The minimum Gasteiger partial charge on any atom is -0.388 e. The Bertz CT molecular complexity index is 1590. The van der Waals surface area contributed by atoms with Crippen molar-refractivity contribution in [2.24, 2.45) is 0 Å². The van der Waals surface area contributed by atoms with Crippen LogP contribution in [0.1, 0.15) is 27.8 Å². The van der Waals surface area contributed by atoms with Crippen LogP contribution in [0.2, 0.25) is 0 Å². The van der Waals surface area contributed by atoms with E-state index in [1.807, 2.05) is 152 Å². The average Bonchev–Trinajstić information content (AvgIpc) is 3.15. The molecule has 48 heavy (non-hydrogen) atoms. The first-order valence-corrected chi connectivity index (χ1v) is 16.2. The van der Waals surface area contributed by atoms with Gasteiger partial charge >= 0.3 is 0 Å². The summed E-state index contributed by atoms with van der Waals surface area (Å²) in [7, 11) is 0. The van der Waals surface area contributed by atoms with E-state index >= 15 is 0 Å². The molecule has 0 bridgehead atoms. The SMILES string of the molecule is O=C(NCc1ccccc1)[C@H](OCc1ccccc1)[C@@H](OCc1ccccc1)[C@H](OCc1ccccc1)[C@H](O)COCc1ccccc1. The second-order valence-corrected chi connectivity index (χ2v) is 11.5. The summed E-state index contributed by atoms with van der Waals surface area (Å²) in [6, 6.07) is 48.5. The van der Waals surface area contributed by atoms with E-state index in [1.54, 1.807) is 0 Å². The Morgan fingerprint density at radius 1 is 0.500 bits per heavy atom. The van der Waals surface area contributed by atoms with Crippen LogP contribution in [0.15, 0.2) is 152 Å². The van der Waals surface area contributed by atoms with Crippen LogP contribution >= 0.6 is 0 Å². The highest BCUT2D eigenvalue weighted by atomic mass is 16.6. The van der Waals surface area contributed by atoms with E-state index < -0.39 is 24.4 Å². The quantitative estimate of drug-likeness (QED) is 0.105. The van der Waals surface area contributed by atoms with Gasteiger partial charge in [-0.25, -0.2) is 0 Å². The van der Waals surface area contributed by atoms with Crippen LogP contribution < -0.4 is 5.32 Å². The van der Waals surface area contributed by atoms with Crippen molar-refractivity contribution in [3.8, 4) is 0 Å². The lowest BCUT2D eigenvalue weighted by molar-refractivity contribution is -0.191. The molecule has 0 saturated carbocycles.